The molecule has 0 saturated carbocycles. The van der Waals surface area contributed by atoms with Crippen LogP contribution in [0.2, 0.25) is 0 Å². The molecule has 0 saturated heterocycles. The van der Waals surface area contributed by atoms with E-state index in [1.165, 1.54) is 11.3 Å². The normalized spacial score (nSPS) is 12.2. The summed E-state index contributed by atoms with van der Waals surface area (Å²) in [7, 11) is 1.75. The maximum Gasteiger partial charge on any atom is 0.263 e. The molecule has 0 bridgehead atoms. The Morgan fingerprint density at radius 2 is 2.31 bits per heavy atom. The standard InChI is InChI=1S/C10H13BrN2OS2/c1-6(9(12)15)5-13(2)10(14)7-3-4-8(11)16-7/h3-4,6H,5H2,1-2H3,(H2,12,15). The van der Waals surface area contributed by atoms with Gasteiger partial charge in [0.1, 0.15) is 0 Å². The van der Waals surface area contributed by atoms with Crippen molar-refractivity contribution in [1.82, 2.24) is 4.90 Å². The maximum atomic E-state index is 11.9. The third kappa shape index (κ3) is 3.54. The van der Waals surface area contributed by atoms with Gasteiger partial charge < -0.3 is 10.6 Å². The Morgan fingerprint density at radius 3 is 2.75 bits per heavy atom. The van der Waals surface area contributed by atoms with Crippen LogP contribution in [-0.4, -0.2) is 29.4 Å². The van der Waals surface area contributed by atoms with Gasteiger partial charge in [-0.1, -0.05) is 19.1 Å². The van der Waals surface area contributed by atoms with Crippen LogP contribution in [0.4, 0.5) is 0 Å². The maximum absolute atomic E-state index is 11.9. The second kappa shape index (κ2) is 5.75. The molecule has 1 heterocycles. The topological polar surface area (TPSA) is 46.3 Å². The minimum absolute atomic E-state index is 0.00111. The fraction of sp³-hybridized carbons (Fsp3) is 0.400. The SMILES string of the molecule is CC(CN(C)C(=O)c1ccc(Br)s1)C(N)=S. The monoisotopic (exact) mass is 320 g/mol. The molecular weight excluding hydrogens is 308 g/mol. The molecule has 1 unspecified atom stereocenters. The van der Waals surface area contributed by atoms with Crippen LogP contribution in [-0.2, 0) is 0 Å². The van der Waals surface area contributed by atoms with Crippen molar-refractivity contribution >= 4 is 50.4 Å². The van der Waals surface area contributed by atoms with Gasteiger partial charge in [0, 0.05) is 19.5 Å². The number of hydrogen-bond donors (Lipinski definition) is 1. The van der Waals surface area contributed by atoms with Crippen molar-refractivity contribution in [2.45, 2.75) is 6.92 Å². The molecule has 0 aliphatic heterocycles. The Kier molecular flexibility index (Phi) is 4.89. The fourth-order valence-corrected chi connectivity index (χ4v) is 2.66. The summed E-state index contributed by atoms with van der Waals surface area (Å²) in [5, 5.41) is 0. The molecule has 1 atom stereocenters. The highest BCUT2D eigenvalue weighted by Crippen LogP contribution is 2.23. The van der Waals surface area contributed by atoms with Gasteiger partial charge in [-0.05, 0) is 28.1 Å². The number of carbonyl (C=O) groups excluding carboxylic acids is 1. The number of halogens is 1. The summed E-state index contributed by atoms with van der Waals surface area (Å²) in [6, 6.07) is 3.67. The molecule has 0 aromatic carbocycles. The molecule has 0 fully saturated rings. The third-order valence-electron chi connectivity index (χ3n) is 2.16. The molecule has 1 aromatic heterocycles. The zero-order valence-electron chi connectivity index (χ0n) is 9.07. The number of nitrogens with two attached hydrogens (primary N) is 1. The van der Waals surface area contributed by atoms with Gasteiger partial charge in [-0.15, -0.1) is 11.3 Å². The molecule has 1 rings (SSSR count). The predicted octanol–water partition coefficient (Wildman–Crippen LogP) is 2.50. The quantitative estimate of drug-likeness (QED) is 0.867. The van der Waals surface area contributed by atoms with E-state index in [-0.39, 0.29) is 11.8 Å². The van der Waals surface area contributed by atoms with Crippen LogP contribution in [0.25, 0.3) is 0 Å². The summed E-state index contributed by atoms with van der Waals surface area (Å²) >= 11 is 9.63. The van der Waals surface area contributed by atoms with Gasteiger partial charge in [-0.3, -0.25) is 4.79 Å². The van der Waals surface area contributed by atoms with Crippen LogP contribution in [0.3, 0.4) is 0 Å². The van der Waals surface area contributed by atoms with Crippen molar-refractivity contribution in [2.24, 2.45) is 11.7 Å². The minimum atomic E-state index is -0.00111. The van der Waals surface area contributed by atoms with Crippen LogP contribution in [0.15, 0.2) is 15.9 Å². The van der Waals surface area contributed by atoms with Crippen LogP contribution in [0.1, 0.15) is 16.6 Å². The average molecular weight is 321 g/mol. The van der Waals surface area contributed by atoms with E-state index in [0.29, 0.717) is 16.4 Å². The summed E-state index contributed by atoms with van der Waals surface area (Å²) in [6.45, 7) is 2.46. The number of thiophene rings is 1. The van der Waals surface area contributed by atoms with Crippen molar-refractivity contribution in [3.05, 3.63) is 20.8 Å². The fourth-order valence-electron chi connectivity index (χ4n) is 1.20. The number of hydrogen-bond acceptors (Lipinski definition) is 3. The molecule has 16 heavy (non-hydrogen) atoms. The largest absolute Gasteiger partial charge is 0.393 e. The molecule has 6 heteroatoms. The Hall–Kier alpha value is -0.460. The van der Waals surface area contributed by atoms with E-state index in [2.05, 4.69) is 15.9 Å². The van der Waals surface area contributed by atoms with Gasteiger partial charge in [-0.2, -0.15) is 0 Å². The predicted molar refractivity (Wildman–Crippen MR) is 74.9 cm³/mol. The third-order valence-corrected chi connectivity index (χ3v) is 4.18. The summed E-state index contributed by atoms with van der Waals surface area (Å²) in [5.41, 5.74) is 5.52. The van der Waals surface area contributed by atoms with Crippen molar-refractivity contribution < 1.29 is 4.79 Å². The lowest BCUT2D eigenvalue weighted by molar-refractivity contribution is 0.0791. The number of rotatable bonds is 4. The number of nitrogens with zero attached hydrogens (tertiary/aromatic N) is 1. The van der Waals surface area contributed by atoms with Crippen LogP contribution >= 0.6 is 39.5 Å². The number of carbonyl (C=O) groups is 1. The van der Waals surface area contributed by atoms with Crippen molar-refractivity contribution in [2.75, 3.05) is 13.6 Å². The van der Waals surface area contributed by atoms with E-state index in [4.69, 9.17) is 18.0 Å². The first kappa shape index (κ1) is 13.6. The Morgan fingerprint density at radius 1 is 1.69 bits per heavy atom. The number of thiocarbonyl (C=S) groups is 1. The second-order valence-corrected chi connectivity index (χ2v) is 6.53. The number of amides is 1. The first-order valence-electron chi connectivity index (χ1n) is 4.72. The lowest BCUT2D eigenvalue weighted by atomic mass is 10.1. The van der Waals surface area contributed by atoms with Crippen LogP contribution in [0.5, 0.6) is 0 Å². The molecule has 0 aliphatic rings. The lowest BCUT2D eigenvalue weighted by Gasteiger charge is -2.20. The summed E-state index contributed by atoms with van der Waals surface area (Å²) < 4.78 is 0.951. The molecule has 3 nitrogen and oxygen atoms in total. The van der Waals surface area contributed by atoms with Crippen molar-refractivity contribution in [3.8, 4) is 0 Å². The average Bonchev–Trinajstić information content (AvgIpc) is 2.63. The van der Waals surface area contributed by atoms with E-state index in [1.54, 1.807) is 18.0 Å². The Bertz CT molecular complexity index is 405. The Balaban J connectivity index is 2.64. The molecule has 88 valence electrons. The lowest BCUT2D eigenvalue weighted by Crippen LogP contribution is -2.35. The van der Waals surface area contributed by atoms with E-state index in [1.807, 2.05) is 13.0 Å². The van der Waals surface area contributed by atoms with Crippen LogP contribution in [0, 0.1) is 5.92 Å². The van der Waals surface area contributed by atoms with Gasteiger partial charge in [0.2, 0.25) is 0 Å². The van der Waals surface area contributed by atoms with Gasteiger partial charge in [0.25, 0.3) is 5.91 Å². The van der Waals surface area contributed by atoms with Crippen molar-refractivity contribution in [3.63, 3.8) is 0 Å². The summed E-state index contributed by atoms with van der Waals surface area (Å²) in [6.07, 6.45) is 0. The first-order valence-corrected chi connectivity index (χ1v) is 6.73. The molecule has 0 radical (unpaired) electrons. The molecule has 1 aromatic rings. The summed E-state index contributed by atoms with van der Waals surface area (Å²) in [4.78, 5) is 14.7. The highest BCUT2D eigenvalue weighted by atomic mass is 79.9. The summed E-state index contributed by atoms with van der Waals surface area (Å²) in [5.74, 6) is 0.0335. The molecule has 0 aliphatic carbocycles. The second-order valence-electron chi connectivity index (χ2n) is 3.59. The van der Waals surface area contributed by atoms with Gasteiger partial charge in [-0.25, -0.2) is 0 Å². The van der Waals surface area contributed by atoms with Gasteiger partial charge in [0.05, 0.1) is 13.7 Å². The van der Waals surface area contributed by atoms with Gasteiger partial charge in [0.15, 0.2) is 0 Å². The van der Waals surface area contributed by atoms with Gasteiger partial charge >= 0.3 is 0 Å². The molecular formula is C10H13BrN2OS2. The smallest absolute Gasteiger partial charge is 0.263 e. The first-order chi connectivity index (χ1) is 7.41. The van der Waals surface area contributed by atoms with E-state index in [9.17, 15) is 4.79 Å². The minimum Gasteiger partial charge on any atom is -0.393 e. The highest BCUT2D eigenvalue weighted by Gasteiger charge is 2.17. The van der Waals surface area contributed by atoms with Crippen molar-refractivity contribution in [1.29, 1.82) is 0 Å². The van der Waals surface area contributed by atoms with E-state index >= 15 is 0 Å². The van der Waals surface area contributed by atoms with Crippen LogP contribution < -0.4 is 5.73 Å². The molecule has 2 N–H and O–H groups in total. The Labute approximate surface area is 113 Å². The molecule has 1 amide bonds. The molecule has 0 spiro atoms. The zero-order chi connectivity index (χ0) is 12.3. The van der Waals surface area contributed by atoms with E-state index in [0.717, 1.165) is 3.79 Å². The van der Waals surface area contributed by atoms with E-state index < -0.39 is 0 Å². The zero-order valence-corrected chi connectivity index (χ0v) is 12.3. The highest BCUT2D eigenvalue weighted by molar-refractivity contribution is 9.11.